The number of hydrogen-bond donors (Lipinski definition) is 0. The van der Waals surface area contributed by atoms with E-state index in [1.54, 1.807) is 44.8 Å². The summed E-state index contributed by atoms with van der Waals surface area (Å²) >= 11 is 12.2. The van der Waals surface area contributed by atoms with Crippen molar-refractivity contribution in [2.75, 3.05) is 13.7 Å². The molecule has 36 heavy (non-hydrogen) atoms. The van der Waals surface area contributed by atoms with Crippen LogP contribution in [0.4, 0.5) is 4.39 Å². The van der Waals surface area contributed by atoms with Crippen molar-refractivity contribution in [2.24, 2.45) is 0 Å². The normalized spacial score (nSPS) is 18.1. The zero-order valence-electron chi connectivity index (χ0n) is 20.1. The molecule has 2 atom stereocenters. The van der Waals surface area contributed by atoms with Crippen molar-refractivity contribution in [1.82, 2.24) is 19.6 Å². The summed E-state index contributed by atoms with van der Waals surface area (Å²) in [5.41, 5.74) is 3.17. The summed E-state index contributed by atoms with van der Waals surface area (Å²) in [5.74, 6) is -0.688. The monoisotopic (exact) mass is 530 g/mol. The SMILES string of the molecule is COc1ccc(C(C)N2CCn3nc4c(c3C2=O)CN(C(=O)c2ccc(Cl)c(Cl)c2)[C@H](C)C4)cc1F. The Morgan fingerprint density at radius 1 is 1.17 bits per heavy atom. The van der Waals surface area contributed by atoms with Crippen LogP contribution in [0.1, 0.15) is 57.6 Å². The average molecular weight is 531 g/mol. The summed E-state index contributed by atoms with van der Waals surface area (Å²) in [6.45, 7) is 5.07. The zero-order valence-corrected chi connectivity index (χ0v) is 21.6. The number of benzene rings is 2. The highest BCUT2D eigenvalue weighted by Gasteiger charge is 2.38. The Morgan fingerprint density at radius 2 is 1.94 bits per heavy atom. The van der Waals surface area contributed by atoms with Gasteiger partial charge in [0.1, 0.15) is 5.69 Å². The van der Waals surface area contributed by atoms with E-state index in [2.05, 4.69) is 0 Å². The predicted molar refractivity (Wildman–Crippen MR) is 134 cm³/mol. The zero-order chi connectivity index (χ0) is 25.7. The molecule has 0 aliphatic carbocycles. The predicted octanol–water partition coefficient (Wildman–Crippen LogP) is 5.14. The van der Waals surface area contributed by atoms with E-state index in [1.165, 1.54) is 13.2 Å². The van der Waals surface area contributed by atoms with E-state index in [0.29, 0.717) is 46.4 Å². The van der Waals surface area contributed by atoms with Gasteiger partial charge < -0.3 is 14.5 Å². The number of fused-ring (bicyclic) bond motifs is 3. The number of halogens is 3. The van der Waals surface area contributed by atoms with Crippen molar-refractivity contribution in [3.63, 3.8) is 0 Å². The number of nitrogens with zero attached hydrogens (tertiary/aromatic N) is 4. The van der Waals surface area contributed by atoms with Crippen LogP contribution < -0.4 is 4.74 Å². The van der Waals surface area contributed by atoms with Crippen LogP contribution in [0.25, 0.3) is 0 Å². The highest BCUT2D eigenvalue weighted by molar-refractivity contribution is 6.42. The summed E-state index contributed by atoms with van der Waals surface area (Å²) < 4.78 is 21.1. The topological polar surface area (TPSA) is 67.7 Å². The molecule has 0 saturated heterocycles. The van der Waals surface area contributed by atoms with Crippen molar-refractivity contribution in [1.29, 1.82) is 0 Å². The first kappa shape index (κ1) is 24.6. The average Bonchev–Trinajstić information content (AvgIpc) is 3.22. The lowest BCUT2D eigenvalue weighted by Crippen LogP contribution is -2.44. The lowest BCUT2D eigenvalue weighted by Gasteiger charge is -2.35. The Hall–Kier alpha value is -3.10. The molecule has 188 valence electrons. The maximum atomic E-state index is 14.3. The van der Waals surface area contributed by atoms with Gasteiger partial charge in [-0.2, -0.15) is 5.10 Å². The minimum absolute atomic E-state index is 0.108. The Balaban J connectivity index is 1.44. The van der Waals surface area contributed by atoms with Crippen LogP contribution in [0.15, 0.2) is 36.4 Å². The van der Waals surface area contributed by atoms with Crippen LogP contribution in [0.5, 0.6) is 5.75 Å². The maximum absolute atomic E-state index is 14.3. The highest BCUT2D eigenvalue weighted by atomic mass is 35.5. The van der Waals surface area contributed by atoms with Crippen LogP contribution in [-0.2, 0) is 19.5 Å². The largest absolute Gasteiger partial charge is 0.494 e. The molecule has 0 saturated carbocycles. The molecule has 2 aliphatic heterocycles. The van der Waals surface area contributed by atoms with Gasteiger partial charge >= 0.3 is 0 Å². The molecule has 0 fully saturated rings. The van der Waals surface area contributed by atoms with Gasteiger partial charge in [0.2, 0.25) is 0 Å². The van der Waals surface area contributed by atoms with Crippen LogP contribution in [-0.4, -0.2) is 51.1 Å². The lowest BCUT2D eigenvalue weighted by molar-refractivity contribution is 0.0604. The number of carbonyl (C=O) groups is 2. The second-order valence-corrected chi connectivity index (χ2v) is 9.99. The highest BCUT2D eigenvalue weighted by Crippen LogP contribution is 2.33. The van der Waals surface area contributed by atoms with Crippen LogP contribution in [0.2, 0.25) is 10.0 Å². The van der Waals surface area contributed by atoms with Gasteiger partial charge in [-0.1, -0.05) is 29.3 Å². The van der Waals surface area contributed by atoms with E-state index < -0.39 is 5.82 Å². The Bertz CT molecular complexity index is 1380. The molecular weight excluding hydrogens is 506 g/mol. The van der Waals surface area contributed by atoms with Gasteiger partial charge in [-0.3, -0.25) is 14.3 Å². The first-order chi connectivity index (χ1) is 17.2. The Kier molecular flexibility index (Phi) is 6.43. The molecule has 2 aliphatic rings. The quantitative estimate of drug-likeness (QED) is 0.468. The molecule has 0 radical (unpaired) electrons. The van der Waals surface area contributed by atoms with Gasteiger partial charge in [-0.05, 0) is 49.7 Å². The number of carbonyl (C=O) groups excluding carboxylic acids is 2. The molecule has 1 aromatic heterocycles. The lowest BCUT2D eigenvalue weighted by atomic mass is 9.97. The van der Waals surface area contributed by atoms with E-state index in [0.717, 1.165) is 11.3 Å². The summed E-state index contributed by atoms with van der Waals surface area (Å²) in [6, 6.07) is 9.08. The van der Waals surface area contributed by atoms with Gasteiger partial charge in [0, 0.05) is 30.1 Å². The van der Waals surface area contributed by atoms with Crippen molar-refractivity contribution in [3.8, 4) is 5.75 Å². The van der Waals surface area contributed by atoms with Gasteiger partial charge in [-0.15, -0.1) is 0 Å². The number of rotatable bonds is 4. The standard InChI is InChI=1S/C26H25Cl2FN4O3/c1-14-10-22-18(13-32(14)25(34)17-4-6-19(27)20(28)11-17)24-26(35)31(8-9-33(24)30-22)15(2)16-5-7-23(36-3)21(29)12-16/h4-7,11-12,14-15H,8-10,13H2,1-3H3/t14-,15?/m1/s1. The van der Waals surface area contributed by atoms with E-state index in [9.17, 15) is 14.0 Å². The smallest absolute Gasteiger partial charge is 0.273 e. The Labute approximate surface area is 218 Å². The van der Waals surface area contributed by atoms with Crippen LogP contribution >= 0.6 is 23.2 Å². The second kappa shape index (κ2) is 9.41. The molecule has 0 spiro atoms. The molecule has 7 nitrogen and oxygen atoms in total. The van der Waals surface area contributed by atoms with Crippen molar-refractivity contribution in [2.45, 2.75) is 45.4 Å². The molecule has 2 aromatic carbocycles. The van der Waals surface area contributed by atoms with E-state index in [-0.39, 0.29) is 36.2 Å². The van der Waals surface area contributed by atoms with Gasteiger partial charge in [0.15, 0.2) is 11.6 Å². The van der Waals surface area contributed by atoms with Crippen LogP contribution in [0.3, 0.4) is 0 Å². The number of hydrogen-bond acceptors (Lipinski definition) is 4. The fourth-order valence-electron chi connectivity index (χ4n) is 5.00. The van der Waals surface area contributed by atoms with Gasteiger partial charge in [0.05, 0.1) is 42.0 Å². The van der Waals surface area contributed by atoms with E-state index >= 15 is 0 Å². The second-order valence-electron chi connectivity index (χ2n) is 9.18. The molecule has 5 rings (SSSR count). The summed E-state index contributed by atoms with van der Waals surface area (Å²) in [6.07, 6.45) is 0.537. The number of methoxy groups -OCH3 is 1. The summed E-state index contributed by atoms with van der Waals surface area (Å²) in [4.78, 5) is 30.5. The Morgan fingerprint density at radius 3 is 2.64 bits per heavy atom. The molecular formula is C26H25Cl2FN4O3. The fraction of sp³-hybridized carbons (Fsp3) is 0.346. The maximum Gasteiger partial charge on any atom is 0.273 e. The van der Waals surface area contributed by atoms with Crippen molar-refractivity contribution < 1.29 is 18.7 Å². The number of aromatic nitrogens is 2. The van der Waals surface area contributed by atoms with E-state index in [1.807, 2.05) is 13.8 Å². The van der Waals surface area contributed by atoms with E-state index in [4.69, 9.17) is 33.0 Å². The molecule has 3 heterocycles. The first-order valence-corrected chi connectivity index (χ1v) is 12.4. The minimum Gasteiger partial charge on any atom is -0.494 e. The third-order valence-electron chi connectivity index (χ3n) is 7.05. The summed E-state index contributed by atoms with van der Waals surface area (Å²) in [7, 11) is 1.41. The third-order valence-corrected chi connectivity index (χ3v) is 7.79. The minimum atomic E-state index is -0.473. The number of amides is 2. The molecule has 0 bridgehead atoms. The van der Waals surface area contributed by atoms with Crippen LogP contribution in [0, 0.1) is 5.82 Å². The van der Waals surface area contributed by atoms with Crippen molar-refractivity contribution >= 4 is 35.0 Å². The molecule has 10 heteroatoms. The molecule has 0 N–H and O–H groups in total. The fourth-order valence-corrected chi connectivity index (χ4v) is 5.29. The number of ether oxygens (including phenoxy) is 1. The van der Waals surface area contributed by atoms with Gasteiger partial charge in [0.25, 0.3) is 11.8 Å². The third kappa shape index (κ3) is 4.12. The molecule has 3 aromatic rings. The first-order valence-electron chi connectivity index (χ1n) is 11.7. The van der Waals surface area contributed by atoms with Crippen molar-refractivity contribution in [3.05, 3.63) is 80.3 Å². The molecule has 1 unspecified atom stereocenters. The molecule has 2 amide bonds. The van der Waals surface area contributed by atoms with Gasteiger partial charge in [-0.25, -0.2) is 4.39 Å². The summed E-state index contributed by atoms with van der Waals surface area (Å²) in [5, 5.41) is 5.39.